The minimum atomic E-state index is -0.171. The van der Waals surface area contributed by atoms with E-state index >= 15 is 0 Å². The molecule has 1 aliphatic rings. The van der Waals surface area contributed by atoms with E-state index in [1.54, 1.807) is 28.3 Å². The number of carbonyl (C=O) groups excluding carboxylic acids is 2. The number of carbonyl (C=O) groups is 2. The van der Waals surface area contributed by atoms with Crippen LogP contribution in [0.25, 0.3) is 0 Å². The highest BCUT2D eigenvalue weighted by Crippen LogP contribution is 2.20. The molecule has 0 radical (unpaired) electrons. The molecule has 3 rings (SSSR count). The van der Waals surface area contributed by atoms with Crippen molar-refractivity contribution in [3.8, 4) is 0 Å². The minimum Gasteiger partial charge on any atom is -0.339 e. The third kappa shape index (κ3) is 4.35. The Morgan fingerprint density at radius 1 is 1.12 bits per heavy atom. The van der Waals surface area contributed by atoms with E-state index in [0.29, 0.717) is 36.2 Å². The molecule has 6 nitrogen and oxygen atoms in total. The second kappa shape index (κ2) is 7.93. The molecule has 2 aromatic heterocycles. The van der Waals surface area contributed by atoms with Crippen LogP contribution in [0.3, 0.4) is 0 Å². The molecular weight excluding hydrogens is 408 g/mol. The Kier molecular flexibility index (Phi) is 5.65. The Balaban J connectivity index is 1.59. The predicted octanol–water partition coefficient (Wildman–Crippen LogP) is 2.42. The fraction of sp³-hybridized carbons (Fsp3) is 0.294. The smallest absolute Gasteiger partial charge is 0.257 e. The maximum absolute atomic E-state index is 12.6. The average Bonchev–Trinajstić information content (AvgIpc) is 2.64. The molecule has 2 aromatic rings. The lowest BCUT2D eigenvalue weighted by molar-refractivity contribution is -0.132. The van der Waals surface area contributed by atoms with Crippen molar-refractivity contribution in [2.24, 2.45) is 0 Å². The Labute approximate surface area is 158 Å². The first-order valence-corrected chi connectivity index (χ1v) is 8.99. The van der Waals surface area contributed by atoms with Gasteiger partial charge in [0, 0.05) is 48.7 Å². The third-order valence-electron chi connectivity index (χ3n) is 4.01. The first-order valence-electron chi connectivity index (χ1n) is 7.82. The number of rotatable bonds is 3. The Hall–Kier alpha value is -1.99. The van der Waals surface area contributed by atoms with Gasteiger partial charge < -0.3 is 9.80 Å². The molecule has 0 aromatic carbocycles. The summed E-state index contributed by atoms with van der Waals surface area (Å²) in [6, 6.07) is 7.18. The zero-order chi connectivity index (χ0) is 17.8. The maximum Gasteiger partial charge on any atom is 0.257 e. The van der Waals surface area contributed by atoms with E-state index in [2.05, 4.69) is 25.9 Å². The number of hydrogen-bond acceptors (Lipinski definition) is 4. The molecular formula is C17H16BrClN4O2. The number of halogens is 2. The van der Waals surface area contributed by atoms with Crippen LogP contribution in [-0.4, -0.2) is 57.8 Å². The van der Waals surface area contributed by atoms with Crippen LogP contribution in [0, 0.1) is 0 Å². The van der Waals surface area contributed by atoms with Crippen LogP contribution < -0.4 is 0 Å². The normalized spacial score (nSPS) is 14.5. The van der Waals surface area contributed by atoms with Gasteiger partial charge in [0.1, 0.15) is 5.15 Å². The van der Waals surface area contributed by atoms with Gasteiger partial charge in [0.2, 0.25) is 5.91 Å². The molecule has 1 fully saturated rings. The third-order valence-corrected chi connectivity index (χ3v) is 4.75. The summed E-state index contributed by atoms with van der Waals surface area (Å²) < 4.78 is 0.699. The van der Waals surface area contributed by atoms with Gasteiger partial charge in [-0.05, 0) is 34.1 Å². The number of piperazine rings is 1. The lowest BCUT2D eigenvalue weighted by Gasteiger charge is -2.35. The van der Waals surface area contributed by atoms with Gasteiger partial charge in [-0.25, -0.2) is 4.98 Å². The van der Waals surface area contributed by atoms with Crippen molar-refractivity contribution in [3.63, 3.8) is 0 Å². The molecule has 2 amide bonds. The number of hydrogen-bond donors (Lipinski definition) is 0. The molecule has 8 heteroatoms. The summed E-state index contributed by atoms with van der Waals surface area (Å²) in [7, 11) is 0. The largest absolute Gasteiger partial charge is 0.339 e. The molecule has 1 saturated heterocycles. The van der Waals surface area contributed by atoms with Crippen molar-refractivity contribution < 1.29 is 9.59 Å². The Morgan fingerprint density at radius 2 is 1.84 bits per heavy atom. The van der Waals surface area contributed by atoms with Crippen LogP contribution in [0.2, 0.25) is 5.15 Å². The van der Waals surface area contributed by atoms with Crippen molar-refractivity contribution in [1.82, 2.24) is 19.8 Å². The zero-order valence-corrected chi connectivity index (χ0v) is 15.7. The fourth-order valence-electron chi connectivity index (χ4n) is 2.67. The molecule has 1 aliphatic heterocycles. The molecule has 3 heterocycles. The lowest BCUT2D eigenvalue weighted by Crippen LogP contribution is -2.51. The van der Waals surface area contributed by atoms with Crippen LogP contribution in [0.5, 0.6) is 0 Å². The first kappa shape index (κ1) is 17.8. The Morgan fingerprint density at radius 3 is 2.52 bits per heavy atom. The van der Waals surface area contributed by atoms with Crippen molar-refractivity contribution in [2.45, 2.75) is 6.42 Å². The van der Waals surface area contributed by atoms with Crippen molar-refractivity contribution in [3.05, 3.63) is 57.5 Å². The Bertz CT molecular complexity index is 779. The van der Waals surface area contributed by atoms with Gasteiger partial charge in [-0.1, -0.05) is 17.7 Å². The molecule has 0 spiro atoms. The molecule has 0 N–H and O–H groups in total. The molecule has 130 valence electrons. The van der Waals surface area contributed by atoms with E-state index in [-0.39, 0.29) is 23.4 Å². The van der Waals surface area contributed by atoms with Crippen LogP contribution >= 0.6 is 27.5 Å². The van der Waals surface area contributed by atoms with Crippen LogP contribution in [0.15, 0.2) is 41.1 Å². The zero-order valence-electron chi connectivity index (χ0n) is 13.4. The highest BCUT2D eigenvalue weighted by Gasteiger charge is 2.26. The SMILES string of the molecule is O=C(Cc1ccccn1)N1CCN(C(=O)c2cc(Br)cnc2Cl)CC1. The van der Waals surface area contributed by atoms with E-state index in [1.807, 2.05) is 18.2 Å². The molecule has 0 atom stereocenters. The second-order valence-corrected chi connectivity index (χ2v) is 6.94. The summed E-state index contributed by atoms with van der Waals surface area (Å²) in [5.41, 5.74) is 1.11. The lowest BCUT2D eigenvalue weighted by atomic mass is 10.2. The van der Waals surface area contributed by atoms with Gasteiger partial charge in [0.25, 0.3) is 5.91 Å². The summed E-state index contributed by atoms with van der Waals surface area (Å²) >= 11 is 9.33. The van der Waals surface area contributed by atoms with E-state index in [4.69, 9.17) is 11.6 Å². The van der Waals surface area contributed by atoms with Crippen molar-refractivity contribution in [1.29, 1.82) is 0 Å². The van der Waals surface area contributed by atoms with Crippen molar-refractivity contribution in [2.75, 3.05) is 26.2 Å². The number of nitrogens with zero attached hydrogens (tertiary/aromatic N) is 4. The topological polar surface area (TPSA) is 66.4 Å². The standard InChI is InChI=1S/C17H16BrClN4O2/c18-12-9-14(16(19)21-11-12)17(25)23-7-5-22(6-8-23)15(24)10-13-3-1-2-4-20-13/h1-4,9,11H,5-8,10H2. The fourth-order valence-corrected chi connectivity index (χ4v) is 3.19. The number of aromatic nitrogens is 2. The highest BCUT2D eigenvalue weighted by molar-refractivity contribution is 9.10. The van der Waals surface area contributed by atoms with E-state index in [0.717, 1.165) is 5.69 Å². The summed E-state index contributed by atoms with van der Waals surface area (Å²) in [5.74, 6) is -0.149. The quantitative estimate of drug-likeness (QED) is 0.711. The molecule has 0 saturated carbocycles. The van der Waals surface area contributed by atoms with E-state index in [1.165, 1.54) is 0 Å². The summed E-state index contributed by atoms with van der Waals surface area (Å²) in [5, 5.41) is 0.182. The summed E-state index contributed by atoms with van der Waals surface area (Å²) in [6.45, 7) is 1.93. The predicted molar refractivity (Wildman–Crippen MR) is 97.4 cm³/mol. The highest BCUT2D eigenvalue weighted by atomic mass is 79.9. The monoisotopic (exact) mass is 422 g/mol. The summed E-state index contributed by atoms with van der Waals surface area (Å²) in [4.78, 5) is 36.6. The van der Waals surface area contributed by atoms with Crippen LogP contribution in [-0.2, 0) is 11.2 Å². The molecule has 25 heavy (non-hydrogen) atoms. The van der Waals surface area contributed by atoms with E-state index < -0.39 is 0 Å². The van der Waals surface area contributed by atoms with Gasteiger partial charge in [0.15, 0.2) is 0 Å². The maximum atomic E-state index is 12.6. The van der Waals surface area contributed by atoms with Crippen molar-refractivity contribution >= 4 is 39.3 Å². The molecule has 0 aliphatic carbocycles. The van der Waals surface area contributed by atoms with Gasteiger partial charge in [-0.2, -0.15) is 0 Å². The van der Waals surface area contributed by atoms with Gasteiger partial charge in [-0.3, -0.25) is 14.6 Å². The summed E-state index contributed by atoms with van der Waals surface area (Å²) in [6.07, 6.45) is 3.50. The minimum absolute atomic E-state index is 0.0213. The van der Waals surface area contributed by atoms with Crippen LogP contribution in [0.1, 0.15) is 16.1 Å². The van der Waals surface area contributed by atoms with Gasteiger partial charge in [-0.15, -0.1) is 0 Å². The van der Waals surface area contributed by atoms with Gasteiger partial charge >= 0.3 is 0 Å². The van der Waals surface area contributed by atoms with E-state index in [9.17, 15) is 9.59 Å². The molecule has 0 bridgehead atoms. The number of amides is 2. The molecule has 0 unspecified atom stereocenters. The average molecular weight is 424 g/mol. The second-order valence-electron chi connectivity index (χ2n) is 5.66. The first-order chi connectivity index (χ1) is 12.0. The number of pyridine rings is 2. The van der Waals surface area contributed by atoms with Gasteiger partial charge in [0.05, 0.1) is 12.0 Å². The van der Waals surface area contributed by atoms with Crippen LogP contribution in [0.4, 0.5) is 0 Å².